The van der Waals surface area contributed by atoms with Crippen LogP contribution in [-0.4, -0.2) is 25.2 Å². The molecule has 1 atom stereocenters. The molecule has 2 nitrogen and oxygen atoms in total. The first-order chi connectivity index (χ1) is 3.91. The quantitative estimate of drug-likeness (QED) is 0.422. The van der Waals surface area contributed by atoms with Crippen LogP contribution in [-0.2, 0) is 0 Å². The van der Waals surface area contributed by atoms with Crippen molar-refractivity contribution in [3.63, 3.8) is 0 Å². The van der Waals surface area contributed by atoms with Crippen LogP contribution in [0.2, 0.25) is 0 Å². The summed E-state index contributed by atoms with van der Waals surface area (Å²) >= 11 is 0. The van der Waals surface area contributed by atoms with Gasteiger partial charge in [0, 0.05) is 18.6 Å². The zero-order chi connectivity index (χ0) is 5.45. The largest absolute Gasteiger partial charge is 0.315 e. The summed E-state index contributed by atoms with van der Waals surface area (Å²) in [6.45, 7) is 3.68. The molecule has 2 saturated heterocycles. The molecule has 2 heteroatoms. The molecule has 2 N–H and O–H groups in total. The fourth-order valence-corrected chi connectivity index (χ4v) is 1.39. The van der Waals surface area contributed by atoms with Gasteiger partial charge in [-0.2, -0.15) is 0 Å². The van der Waals surface area contributed by atoms with Crippen LogP contribution in [0.1, 0.15) is 12.8 Å². The second-order valence-corrected chi connectivity index (χ2v) is 2.91. The van der Waals surface area contributed by atoms with E-state index < -0.39 is 0 Å². The molecule has 2 aliphatic rings. The van der Waals surface area contributed by atoms with Gasteiger partial charge in [-0.3, -0.25) is 0 Å². The van der Waals surface area contributed by atoms with Gasteiger partial charge in [0.2, 0.25) is 0 Å². The molecule has 1 spiro atoms. The Kier molecular flexibility index (Phi) is 0.866. The minimum Gasteiger partial charge on any atom is -0.315 e. The molecule has 0 aromatic carbocycles. The molecular weight excluding hydrogens is 100 g/mol. The van der Waals surface area contributed by atoms with Gasteiger partial charge in [-0.25, -0.2) is 0 Å². The van der Waals surface area contributed by atoms with Crippen LogP contribution in [0.25, 0.3) is 0 Å². The Hall–Kier alpha value is -0.0800. The van der Waals surface area contributed by atoms with E-state index in [4.69, 9.17) is 0 Å². The second-order valence-electron chi connectivity index (χ2n) is 2.91. The van der Waals surface area contributed by atoms with Gasteiger partial charge in [-0.15, -0.1) is 0 Å². The standard InChI is InChI=1S/C6H12N2/c1-2-6(5-8-6)4-7-3-1/h7-8H,1-5H2. The van der Waals surface area contributed by atoms with Crippen molar-refractivity contribution >= 4 is 0 Å². The summed E-state index contributed by atoms with van der Waals surface area (Å²) in [5, 5.41) is 6.76. The third kappa shape index (κ3) is 0.644. The molecule has 2 rings (SSSR count). The summed E-state index contributed by atoms with van der Waals surface area (Å²) in [6, 6.07) is 0. The highest BCUT2D eigenvalue weighted by atomic mass is 15.2. The van der Waals surface area contributed by atoms with Crippen LogP contribution in [0.5, 0.6) is 0 Å². The van der Waals surface area contributed by atoms with Crippen LogP contribution in [0.15, 0.2) is 0 Å². The van der Waals surface area contributed by atoms with E-state index in [1.165, 1.54) is 32.5 Å². The number of hydrogen-bond donors (Lipinski definition) is 2. The van der Waals surface area contributed by atoms with Crippen molar-refractivity contribution in [1.29, 1.82) is 0 Å². The average molecular weight is 112 g/mol. The van der Waals surface area contributed by atoms with Gasteiger partial charge in [0.25, 0.3) is 0 Å². The molecule has 8 heavy (non-hydrogen) atoms. The summed E-state index contributed by atoms with van der Waals surface area (Å²) in [6.07, 6.45) is 2.74. The smallest absolute Gasteiger partial charge is 0.0433 e. The van der Waals surface area contributed by atoms with Crippen molar-refractivity contribution in [3.8, 4) is 0 Å². The molecule has 46 valence electrons. The normalized spacial score (nSPS) is 45.0. The molecule has 2 heterocycles. The van der Waals surface area contributed by atoms with Gasteiger partial charge in [-0.1, -0.05) is 0 Å². The van der Waals surface area contributed by atoms with Crippen molar-refractivity contribution in [3.05, 3.63) is 0 Å². The molecular formula is C6H12N2. The zero-order valence-electron chi connectivity index (χ0n) is 5.04. The number of rotatable bonds is 0. The molecule has 0 saturated carbocycles. The van der Waals surface area contributed by atoms with Crippen LogP contribution < -0.4 is 10.6 Å². The minimum absolute atomic E-state index is 0.568. The number of hydrogen-bond acceptors (Lipinski definition) is 2. The lowest BCUT2D eigenvalue weighted by molar-refractivity contribution is 0.430. The highest BCUT2D eigenvalue weighted by Crippen LogP contribution is 2.24. The Bertz CT molecular complexity index is 88.7. The maximum atomic E-state index is 3.39. The molecule has 0 aromatic rings. The molecule has 0 amide bonds. The first-order valence-electron chi connectivity index (χ1n) is 3.37. The first kappa shape index (κ1) is 4.77. The predicted molar refractivity (Wildman–Crippen MR) is 32.8 cm³/mol. The Balaban J connectivity index is 1.95. The third-order valence-corrected chi connectivity index (χ3v) is 2.15. The Labute approximate surface area is 49.7 Å². The lowest BCUT2D eigenvalue weighted by Gasteiger charge is -2.19. The van der Waals surface area contributed by atoms with Crippen LogP contribution in [0.4, 0.5) is 0 Å². The van der Waals surface area contributed by atoms with E-state index >= 15 is 0 Å². The Morgan fingerprint density at radius 3 is 2.50 bits per heavy atom. The van der Waals surface area contributed by atoms with E-state index in [9.17, 15) is 0 Å². The molecule has 2 aliphatic heterocycles. The summed E-state index contributed by atoms with van der Waals surface area (Å²) in [5.41, 5.74) is 0.568. The Morgan fingerprint density at radius 2 is 2.12 bits per heavy atom. The summed E-state index contributed by atoms with van der Waals surface area (Å²) < 4.78 is 0. The monoisotopic (exact) mass is 112 g/mol. The minimum atomic E-state index is 0.568. The van der Waals surface area contributed by atoms with E-state index in [1.807, 2.05) is 0 Å². The first-order valence-corrected chi connectivity index (χ1v) is 3.37. The second kappa shape index (κ2) is 1.45. The summed E-state index contributed by atoms with van der Waals surface area (Å²) in [5.74, 6) is 0. The topological polar surface area (TPSA) is 34.0 Å². The number of nitrogens with one attached hydrogen (secondary N) is 2. The Morgan fingerprint density at radius 1 is 1.25 bits per heavy atom. The van der Waals surface area contributed by atoms with Gasteiger partial charge in [-0.05, 0) is 19.4 Å². The van der Waals surface area contributed by atoms with E-state index in [2.05, 4.69) is 10.6 Å². The maximum absolute atomic E-state index is 3.39. The van der Waals surface area contributed by atoms with Gasteiger partial charge < -0.3 is 10.6 Å². The SMILES string of the molecule is C1CNCC2(C1)CN2. The highest BCUT2D eigenvalue weighted by Gasteiger charge is 2.42. The summed E-state index contributed by atoms with van der Waals surface area (Å²) in [7, 11) is 0. The fourth-order valence-electron chi connectivity index (χ4n) is 1.39. The van der Waals surface area contributed by atoms with Gasteiger partial charge in [0.05, 0.1) is 0 Å². The predicted octanol–water partition coefficient (Wildman–Crippen LogP) is -0.288. The van der Waals surface area contributed by atoms with E-state index in [-0.39, 0.29) is 0 Å². The molecule has 1 unspecified atom stereocenters. The van der Waals surface area contributed by atoms with Crippen LogP contribution >= 0.6 is 0 Å². The zero-order valence-corrected chi connectivity index (χ0v) is 5.04. The van der Waals surface area contributed by atoms with Crippen molar-refractivity contribution in [2.45, 2.75) is 18.4 Å². The van der Waals surface area contributed by atoms with Gasteiger partial charge in [0.1, 0.15) is 0 Å². The average Bonchev–Trinajstić information content (AvgIpc) is 2.52. The lowest BCUT2D eigenvalue weighted by Crippen LogP contribution is -2.38. The lowest BCUT2D eigenvalue weighted by atomic mass is 10.0. The van der Waals surface area contributed by atoms with E-state index in [1.54, 1.807) is 0 Å². The van der Waals surface area contributed by atoms with Crippen LogP contribution in [0, 0.1) is 0 Å². The fraction of sp³-hybridized carbons (Fsp3) is 1.00. The van der Waals surface area contributed by atoms with Gasteiger partial charge >= 0.3 is 0 Å². The molecule has 0 aromatic heterocycles. The summed E-state index contributed by atoms with van der Waals surface area (Å²) in [4.78, 5) is 0. The van der Waals surface area contributed by atoms with Crippen molar-refractivity contribution in [2.24, 2.45) is 0 Å². The molecule has 2 fully saturated rings. The van der Waals surface area contributed by atoms with Crippen LogP contribution in [0.3, 0.4) is 0 Å². The third-order valence-electron chi connectivity index (χ3n) is 2.15. The molecule has 0 bridgehead atoms. The number of piperidine rings is 1. The van der Waals surface area contributed by atoms with E-state index in [0.29, 0.717) is 5.54 Å². The molecule has 0 aliphatic carbocycles. The van der Waals surface area contributed by atoms with Crippen molar-refractivity contribution in [2.75, 3.05) is 19.6 Å². The van der Waals surface area contributed by atoms with E-state index in [0.717, 1.165) is 0 Å². The van der Waals surface area contributed by atoms with Crippen molar-refractivity contribution in [1.82, 2.24) is 10.6 Å². The maximum Gasteiger partial charge on any atom is 0.0433 e. The molecule has 0 radical (unpaired) electrons. The van der Waals surface area contributed by atoms with Gasteiger partial charge in [0.15, 0.2) is 0 Å². The van der Waals surface area contributed by atoms with Crippen molar-refractivity contribution < 1.29 is 0 Å². The highest BCUT2D eigenvalue weighted by molar-refractivity contribution is 5.06.